The van der Waals surface area contributed by atoms with Gasteiger partial charge in [-0.3, -0.25) is 0 Å². The molecule has 3 aliphatic heterocycles. The molecule has 4 aliphatic rings. The van der Waals surface area contributed by atoms with Gasteiger partial charge in [-0.15, -0.1) is 11.3 Å². The fourth-order valence-corrected chi connectivity index (χ4v) is 5.89. The molecule has 3 heterocycles. The molecule has 5 rings (SSSR count). The number of carbonyl (C=O) groups is 1. The molecule has 2 saturated heterocycles. The lowest BCUT2D eigenvalue weighted by molar-refractivity contribution is 0.0965. The molecular weight excluding hydrogens is 424 g/mol. The number of morpholine rings is 1. The fourth-order valence-electron chi connectivity index (χ4n) is 4.68. The van der Waals surface area contributed by atoms with E-state index in [-0.39, 0.29) is 0 Å². The molecule has 8 heteroatoms. The van der Waals surface area contributed by atoms with E-state index in [0.29, 0.717) is 19.6 Å². The topological polar surface area (TPSA) is 68.9 Å². The van der Waals surface area contributed by atoms with Crippen molar-refractivity contribution in [1.82, 2.24) is 14.5 Å². The van der Waals surface area contributed by atoms with Gasteiger partial charge >= 0.3 is 6.09 Å². The largest absolute Gasteiger partial charge is 0.465 e. The summed E-state index contributed by atoms with van der Waals surface area (Å²) in [6, 6.07) is 8.94. The van der Waals surface area contributed by atoms with Gasteiger partial charge in [-0.05, 0) is 43.5 Å². The molecule has 0 radical (unpaired) electrons. The van der Waals surface area contributed by atoms with Crippen molar-refractivity contribution in [3.63, 3.8) is 0 Å². The number of nitrogens with zero attached hydrogens (tertiary/aromatic N) is 4. The summed E-state index contributed by atoms with van der Waals surface area (Å²) in [7, 11) is 0. The molecule has 0 aromatic heterocycles. The summed E-state index contributed by atoms with van der Waals surface area (Å²) in [5.41, 5.74) is 5.64. The normalized spacial score (nSPS) is 17.8. The number of anilines is 1. The summed E-state index contributed by atoms with van der Waals surface area (Å²) in [5.74, 6) is 0. The number of aromatic nitrogens is 1. The number of hydrogen-bond donors (Lipinski definition) is 1. The van der Waals surface area contributed by atoms with Crippen LogP contribution in [0.3, 0.4) is 0 Å². The van der Waals surface area contributed by atoms with E-state index in [4.69, 9.17) is 9.72 Å². The summed E-state index contributed by atoms with van der Waals surface area (Å²) in [6.07, 6.45) is 0.0103. The molecule has 0 spiro atoms. The Morgan fingerprint density at radius 2 is 1.88 bits per heavy atom. The van der Waals surface area contributed by atoms with Gasteiger partial charge in [-0.1, -0.05) is 0 Å². The number of ether oxygens (including phenoxy) is 1. The van der Waals surface area contributed by atoms with Crippen LogP contribution in [0, 0.1) is 13.8 Å². The molecule has 0 bridgehead atoms. The molecule has 1 N–H and O–H groups in total. The van der Waals surface area contributed by atoms with E-state index in [1.807, 2.05) is 0 Å². The average Bonchev–Trinajstić information content (AvgIpc) is 3.05. The minimum absolute atomic E-state index is 0.536. The third kappa shape index (κ3) is 4.04. The van der Waals surface area contributed by atoms with Crippen LogP contribution in [0.1, 0.15) is 17.5 Å². The van der Waals surface area contributed by atoms with Crippen LogP contribution in [-0.2, 0) is 4.74 Å². The first-order chi connectivity index (χ1) is 15.5. The van der Waals surface area contributed by atoms with E-state index in [1.54, 1.807) is 11.3 Å². The summed E-state index contributed by atoms with van der Waals surface area (Å²) >= 11 is 1.79. The maximum absolute atomic E-state index is 11.4. The van der Waals surface area contributed by atoms with Crippen LogP contribution in [0.4, 0.5) is 10.5 Å². The van der Waals surface area contributed by atoms with Gasteiger partial charge in [0.25, 0.3) is 0 Å². The second-order valence-electron chi connectivity index (χ2n) is 8.64. The van der Waals surface area contributed by atoms with Crippen LogP contribution in [0.2, 0.25) is 0 Å². The Hall–Kier alpha value is -2.71. The lowest BCUT2D eigenvalue weighted by Crippen LogP contribution is -2.39. The minimum Gasteiger partial charge on any atom is -0.465 e. The zero-order valence-electron chi connectivity index (χ0n) is 18.6. The molecule has 168 valence electrons. The van der Waals surface area contributed by atoms with Gasteiger partial charge in [0.1, 0.15) is 13.2 Å². The molecule has 1 aromatic carbocycles. The first kappa shape index (κ1) is 21.2. The highest BCUT2D eigenvalue weighted by Gasteiger charge is 2.21. The Morgan fingerprint density at radius 1 is 1.06 bits per heavy atom. The highest BCUT2D eigenvalue weighted by molar-refractivity contribution is 7.21. The van der Waals surface area contributed by atoms with Crippen molar-refractivity contribution in [3.05, 3.63) is 40.7 Å². The smallest absolute Gasteiger partial charge is 0.407 e. The first-order valence-corrected chi connectivity index (χ1v) is 12.1. The van der Waals surface area contributed by atoms with Gasteiger partial charge in [-0.2, -0.15) is 0 Å². The van der Waals surface area contributed by atoms with E-state index in [2.05, 4.69) is 47.6 Å². The van der Waals surface area contributed by atoms with Gasteiger partial charge in [0.15, 0.2) is 13.1 Å². The molecule has 7 nitrogen and oxygen atoms in total. The standard InChI is InChI=1S/C24H28N4O3S/c1-16-12-18(26-4-3-5-28(7-6-26)24(29)30)14-20-22(16)25-23-17(2)13-19(15-21(23)32-20)27-8-10-31-11-9-27/h12-15H,3-11H2,1-2H3/p+1. The number of rotatable bonds is 1. The Morgan fingerprint density at radius 3 is 2.66 bits per heavy atom. The van der Waals surface area contributed by atoms with Crippen LogP contribution < -0.4 is 14.8 Å². The van der Waals surface area contributed by atoms with E-state index < -0.39 is 6.09 Å². The number of hydrogen-bond acceptors (Lipinski definition) is 5. The van der Waals surface area contributed by atoms with E-state index in [0.717, 1.165) is 61.7 Å². The molecule has 2 fully saturated rings. The Kier molecular flexibility index (Phi) is 5.73. The van der Waals surface area contributed by atoms with Crippen molar-refractivity contribution in [1.29, 1.82) is 0 Å². The molecule has 1 aliphatic carbocycles. The predicted molar refractivity (Wildman–Crippen MR) is 128 cm³/mol. The zero-order chi connectivity index (χ0) is 22.2. The summed E-state index contributed by atoms with van der Waals surface area (Å²) in [5, 5.41) is 10.6. The van der Waals surface area contributed by atoms with Crippen molar-refractivity contribution in [2.75, 3.05) is 57.4 Å². The molecule has 0 saturated carbocycles. The summed E-state index contributed by atoms with van der Waals surface area (Å²) < 4.78 is 9.08. The highest BCUT2D eigenvalue weighted by atomic mass is 32.1. The van der Waals surface area contributed by atoms with Crippen LogP contribution in [-0.4, -0.2) is 73.6 Å². The van der Waals surface area contributed by atoms with E-state index >= 15 is 0 Å². The Bertz CT molecular complexity index is 1210. The molecule has 1 amide bonds. The molecule has 32 heavy (non-hydrogen) atoms. The summed E-state index contributed by atoms with van der Waals surface area (Å²) in [4.78, 5) is 21.4. The second kappa shape index (κ2) is 8.67. The van der Waals surface area contributed by atoms with Crippen molar-refractivity contribution in [2.24, 2.45) is 0 Å². The number of amides is 1. The van der Waals surface area contributed by atoms with Crippen LogP contribution in [0.15, 0.2) is 24.3 Å². The quantitative estimate of drug-likeness (QED) is 0.453. The predicted octanol–water partition coefficient (Wildman–Crippen LogP) is 3.01. The maximum atomic E-state index is 11.4. The van der Waals surface area contributed by atoms with Gasteiger partial charge < -0.3 is 19.6 Å². The molecule has 0 atom stereocenters. The lowest BCUT2D eigenvalue weighted by Gasteiger charge is -2.24. The lowest BCUT2D eigenvalue weighted by atomic mass is 10.1. The van der Waals surface area contributed by atoms with E-state index in [1.165, 1.54) is 25.4 Å². The Labute approximate surface area is 191 Å². The van der Waals surface area contributed by atoms with Crippen molar-refractivity contribution in [3.8, 4) is 10.6 Å². The van der Waals surface area contributed by atoms with Gasteiger partial charge in [0, 0.05) is 44.0 Å². The zero-order valence-corrected chi connectivity index (χ0v) is 19.5. The average molecular weight is 454 g/mol. The summed E-state index contributed by atoms with van der Waals surface area (Å²) in [6.45, 7) is 10.4. The van der Waals surface area contributed by atoms with Gasteiger partial charge in [-0.25, -0.2) is 14.4 Å². The molecule has 0 unspecified atom stereocenters. The van der Waals surface area contributed by atoms with Crippen molar-refractivity contribution in [2.45, 2.75) is 20.3 Å². The SMILES string of the molecule is Cc1cc(=[N+]2CCOCC2)cc2sc3cc(N4CCCN(C(=O)O)CC4)cc(C)c3nc1-2. The fraction of sp³-hybridized carbons (Fsp3) is 0.458. The number of carboxylic acid groups (broad SMARTS) is 1. The number of fused-ring (bicyclic) bond motifs is 2. The van der Waals surface area contributed by atoms with Crippen LogP contribution in [0.5, 0.6) is 0 Å². The monoisotopic (exact) mass is 453 g/mol. The Balaban J connectivity index is 1.57. The third-order valence-corrected chi connectivity index (χ3v) is 7.51. The van der Waals surface area contributed by atoms with Crippen LogP contribution >= 0.6 is 11.3 Å². The minimum atomic E-state index is -0.828. The van der Waals surface area contributed by atoms with Crippen LogP contribution in [0.25, 0.3) is 20.8 Å². The van der Waals surface area contributed by atoms with Crippen molar-refractivity contribution < 1.29 is 14.6 Å². The second-order valence-corrected chi connectivity index (χ2v) is 9.73. The third-order valence-electron chi connectivity index (χ3n) is 6.45. The van der Waals surface area contributed by atoms with Gasteiger partial charge in [0.2, 0.25) is 5.36 Å². The first-order valence-electron chi connectivity index (χ1n) is 11.2. The highest BCUT2D eigenvalue weighted by Crippen LogP contribution is 2.35. The number of aryl methyl sites for hydroxylation is 2. The molecule has 1 aromatic rings. The van der Waals surface area contributed by atoms with E-state index in [9.17, 15) is 9.90 Å². The maximum Gasteiger partial charge on any atom is 0.407 e. The number of benzene rings is 2. The molecular formula is C24H29N4O3S+. The van der Waals surface area contributed by atoms with Crippen molar-refractivity contribution >= 4 is 33.3 Å². The van der Waals surface area contributed by atoms with Gasteiger partial charge in [0.05, 0.1) is 20.8 Å².